The van der Waals surface area contributed by atoms with Crippen LogP contribution in [0.2, 0.25) is 0 Å². The monoisotopic (exact) mass is 442 g/mol. The lowest BCUT2D eigenvalue weighted by Crippen LogP contribution is -2.11. The van der Waals surface area contributed by atoms with E-state index in [1.54, 1.807) is 30.8 Å². The fourth-order valence-corrected chi connectivity index (χ4v) is 5.18. The number of nitrogens with zero attached hydrogens (tertiary/aromatic N) is 3. The van der Waals surface area contributed by atoms with Crippen molar-refractivity contribution in [3.05, 3.63) is 76.5 Å². The second-order valence-electron chi connectivity index (χ2n) is 6.04. The van der Waals surface area contributed by atoms with E-state index in [1.165, 1.54) is 40.4 Å². The Hall–Kier alpha value is -2.62. The van der Waals surface area contributed by atoms with Crippen LogP contribution in [-0.2, 0) is 5.75 Å². The van der Waals surface area contributed by atoms with Gasteiger partial charge in [-0.1, -0.05) is 53.4 Å². The fourth-order valence-electron chi connectivity index (χ4n) is 2.51. The van der Waals surface area contributed by atoms with Crippen molar-refractivity contribution in [3.63, 3.8) is 0 Å². The van der Waals surface area contributed by atoms with Gasteiger partial charge in [0.1, 0.15) is 15.7 Å². The zero-order chi connectivity index (χ0) is 20.2. The summed E-state index contributed by atoms with van der Waals surface area (Å²) in [7, 11) is 0. The lowest BCUT2D eigenvalue weighted by molar-refractivity contribution is 0.102. The number of aromatic nitrogens is 3. The molecule has 4 aromatic rings. The van der Waals surface area contributed by atoms with Crippen LogP contribution in [0.4, 0.5) is 9.52 Å². The van der Waals surface area contributed by atoms with Crippen LogP contribution in [0.3, 0.4) is 0 Å². The highest BCUT2D eigenvalue weighted by Crippen LogP contribution is 2.31. The highest BCUT2D eigenvalue weighted by Gasteiger charge is 2.18. The summed E-state index contributed by atoms with van der Waals surface area (Å²) in [5, 5.41) is 12.1. The van der Waals surface area contributed by atoms with Crippen LogP contribution in [-0.4, -0.2) is 21.1 Å². The van der Waals surface area contributed by atoms with Gasteiger partial charge in [0.05, 0.1) is 5.69 Å². The Kier molecular flexibility index (Phi) is 5.98. The van der Waals surface area contributed by atoms with E-state index in [9.17, 15) is 9.18 Å². The molecule has 5 nitrogen and oxygen atoms in total. The quantitative estimate of drug-likeness (QED) is 0.309. The van der Waals surface area contributed by atoms with Crippen molar-refractivity contribution in [1.29, 1.82) is 0 Å². The van der Waals surface area contributed by atoms with E-state index >= 15 is 0 Å². The molecule has 146 valence electrons. The molecule has 0 saturated carbocycles. The zero-order valence-corrected chi connectivity index (χ0v) is 17.7. The number of hydrogen-bond acceptors (Lipinski definition) is 7. The molecule has 9 heteroatoms. The lowest BCUT2D eigenvalue weighted by Gasteiger charge is -1.98. The van der Waals surface area contributed by atoms with Crippen molar-refractivity contribution in [2.24, 2.45) is 0 Å². The van der Waals surface area contributed by atoms with Crippen LogP contribution in [0.5, 0.6) is 0 Å². The maximum atomic E-state index is 13.1. The first-order chi connectivity index (χ1) is 14.1. The highest BCUT2D eigenvalue weighted by molar-refractivity contribution is 8.00. The van der Waals surface area contributed by atoms with Gasteiger partial charge in [0.25, 0.3) is 5.91 Å². The number of carbonyl (C=O) groups is 1. The molecule has 29 heavy (non-hydrogen) atoms. The third-order valence-electron chi connectivity index (χ3n) is 3.93. The third kappa shape index (κ3) is 4.87. The van der Waals surface area contributed by atoms with Crippen molar-refractivity contribution in [2.45, 2.75) is 17.0 Å². The van der Waals surface area contributed by atoms with Crippen LogP contribution < -0.4 is 5.32 Å². The topological polar surface area (TPSA) is 67.8 Å². The molecule has 2 aromatic carbocycles. The van der Waals surface area contributed by atoms with E-state index in [-0.39, 0.29) is 11.7 Å². The molecule has 0 fully saturated rings. The summed E-state index contributed by atoms with van der Waals surface area (Å²) in [6.45, 7) is 1.78. The molecule has 0 saturated heterocycles. The molecular weight excluding hydrogens is 427 g/mol. The first kappa shape index (κ1) is 19.7. The fraction of sp³-hybridized carbons (Fsp3) is 0.100. The number of thiazole rings is 1. The van der Waals surface area contributed by atoms with Crippen molar-refractivity contribution in [1.82, 2.24) is 15.2 Å². The molecule has 4 rings (SSSR count). The number of anilines is 1. The van der Waals surface area contributed by atoms with Crippen LogP contribution in [0, 0.1) is 12.7 Å². The molecule has 0 atom stereocenters. The minimum Gasteiger partial charge on any atom is -0.296 e. The predicted octanol–water partition coefficient (Wildman–Crippen LogP) is 5.65. The zero-order valence-electron chi connectivity index (χ0n) is 15.3. The van der Waals surface area contributed by atoms with Gasteiger partial charge in [-0.15, -0.1) is 21.5 Å². The largest absolute Gasteiger partial charge is 0.296 e. The van der Waals surface area contributed by atoms with Gasteiger partial charge in [-0.2, -0.15) is 0 Å². The first-order valence-electron chi connectivity index (χ1n) is 8.63. The smallest absolute Gasteiger partial charge is 0.269 e. The SMILES string of the molecule is Cc1nc(-c2ccc(F)cc2)sc1C(=O)Nc1nnc(SCc2ccccc2)s1. The maximum Gasteiger partial charge on any atom is 0.269 e. The van der Waals surface area contributed by atoms with E-state index in [0.717, 1.165) is 15.7 Å². The number of rotatable bonds is 6. The van der Waals surface area contributed by atoms with Crippen molar-refractivity contribution in [2.75, 3.05) is 5.32 Å². The van der Waals surface area contributed by atoms with Crippen molar-refractivity contribution < 1.29 is 9.18 Å². The van der Waals surface area contributed by atoms with Gasteiger partial charge in [-0.3, -0.25) is 10.1 Å². The minimum absolute atomic E-state index is 0.274. The number of benzene rings is 2. The average Bonchev–Trinajstić information content (AvgIpc) is 3.34. The molecule has 0 aliphatic heterocycles. The average molecular weight is 443 g/mol. The summed E-state index contributed by atoms with van der Waals surface area (Å²) >= 11 is 4.18. The number of nitrogens with one attached hydrogen (secondary N) is 1. The second kappa shape index (κ2) is 8.81. The summed E-state index contributed by atoms with van der Waals surface area (Å²) in [6, 6.07) is 16.1. The minimum atomic E-state index is -0.308. The summed E-state index contributed by atoms with van der Waals surface area (Å²) in [4.78, 5) is 17.6. The van der Waals surface area contributed by atoms with Crippen molar-refractivity contribution >= 4 is 45.5 Å². The summed E-state index contributed by atoms with van der Waals surface area (Å²) in [6.07, 6.45) is 0. The standard InChI is InChI=1S/C20H15FN4OS3/c1-12-16(28-18(22-12)14-7-9-15(21)10-8-14)17(26)23-19-24-25-20(29-19)27-11-13-5-3-2-4-6-13/h2-10H,11H2,1H3,(H,23,24,26). The summed E-state index contributed by atoms with van der Waals surface area (Å²) < 4.78 is 13.9. The first-order valence-corrected chi connectivity index (χ1v) is 11.3. The van der Waals surface area contributed by atoms with Gasteiger partial charge in [-0.25, -0.2) is 9.37 Å². The van der Waals surface area contributed by atoms with Crippen LogP contribution in [0.15, 0.2) is 58.9 Å². The van der Waals surface area contributed by atoms with Gasteiger partial charge in [0, 0.05) is 11.3 Å². The molecular formula is C20H15FN4OS3. The maximum absolute atomic E-state index is 13.1. The van der Waals surface area contributed by atoms with E-state index in [0.29, 0.717) is 20.7 Å². The molecule has 0 aliphatic rings. The normalized spacial score (nSPS) is 10.8. The molecule has 0 bridgehead atoms. The lowest BCUT2D eigenvalue weighted by atomic mass is 10.2. The van der Waals surface area contributed by atoms with E-state index in [4.69, 9.17) is 0 Å². The summed E-state index contributed by atoms with van der Waals surface area (Å²) in [5.74, 6) is 0.208. The number of amides is 1. The Bertz CT molecular complexity index is 1130. The Balaban J connectivity index is 1.42. The molecule has 2 aromatic heterocycles. The highest BCUT2D eigenvalue weighted by atomic mass is 32.2. The summed E-state index contributed by atoms with van der Waals surface area (Å²) in [5.41, 5.74) is 2.59. The number of thioether (sulfide) groups is 1. The van der Waals surface area contributed by atoms with Gasteiger partial charge >= 0.3 is 0 Å². The molecule has 0 spiro atoms. The molecule has 0 aliphatic carbocycles. The van der Waals surface area contributed by atoms with Crippen LogP contribution in [0.25, 0.3) is 10.6 Å². The van der Waals surface area contributed by atoms with Gasteiger partial charge in [0.15, 0.2) is 4.34 Å². The Labute approximate surface area is 179 Å². The third-order valence-corrected chi connectivity index (χ3v) is 7.17. The van der Waals surface area contributed by atoms with E-state index in [2.05, 4.69) is 32.6 Å². The number of halogens is 1. The molecule has 2 heterocycles. The Morgan fingerprint density at radius 1 is 1.07 bits per heavy atom. The second-order valence-corrected chi connectivity index (χ2v) is 9.24. The van der Waals surface area contributed by atoms with Gasteiger partial charge in [0.2, 0.25) is 5.13 Å². The predicted molar refractivity (Wildman–Crippen MR) is 116 cm³/mol. The molecule has 0 unspecified atom stereocenters. The van der Waals surface area contributed by atoms with E-state index < -0.39 is 0 Å². The number of carbonyl (C=O) groups excluding carboxylic acids is 1. The van der Waals surface area contributed by atoms with Gasteiger partial charge < -0.3 is 0 Å². The molecule has 1 amide bonds. The number of aryl methyl sites for hydroxylation is 1. The van der Waals surface area contributed by atoms with Crippen LogP contribution in [0.1, 0.15) is 20.9 Å². The van der Waals surface area contributed by atoms with Gasteiger partial charge in [-0.05, 0) is 36.8 Å². The number of hydrogen-bond donors (Lipinski definition) is 1. The van der Waals surface area contributed by atoms with E-state index in [1.807, 2.05) is 18.2 Å². The Morgan fingerprint density at radius 2 is 1.83 bits per heavy atom. The van der Waals surface area contributed by atoms with Crippen LogP contribution >= 0.6 is 34.4 Å². The molecule has 0 radical (unpaired) electrons. The van der Waals surface area contributed by atoms with Crippen molar-refractivity contribution in [3.8, 4) is 10.6 Å². The Morgan fingerprint density at radius 3 is 2.59 bits per heavy atom. The molecule has 1 N–H and O–H groups in total.